The van der Waals surface area contributed by atoms with Crippen molar-refractivity contribution in [2.45, 2.75) is 20.5 Å². The van der Waals surface area contributed by atoms with E-state index in [4.69, 9.17) is 9.47 Å². The first-order valence-corrected chi connectivity index (χ1v) is 9.08. The van der Waals surface area contributed by atoms with Gasteiger partial charge in [-0.25, -0.2) is 9.78 Å². The highest BCUT2D eigenvalue weighted by Crippen LogP contribution is 2.29. The minimum atomic E-state index is -0.609. The van der Waals surface area contributed by atoms with Gasteiger partial charge in [0.05, 0.1) is 10.2 Å². The smallest absolute Gasteiger partial charge is 0.412 e. The minimum Gasteiger partial charge on any atom is -0.442 e. The van der Waals surface area contributed by atoms with Crippen molar-refractivity contribution >= 4 is 45.4 Å². The fraction of sp³-hybridized carbons (Fsp3) is 0.150. The van der Waals surface area contributed by atoms with E-state index in [9.17, 15) is 9.59 Å². The molecular formula is C20H18N2O4S. The van der Waals surface area contributed by atoms with Gasteiger partial charge >= 0.3 is 6.09 Å². The normalized spacial score (nSPS) is 11.3. The summed E-state index contributed by atoms with van der Waals surface area (Å²) in [4.78, 5) is 27.2. The van der Waals surface area contributed by atoms with E-state index in [2.05, 4.69) is 10.3 Å². The third-order valence-corrected chi connectivity index (χ3v) is 4.94. The molecule has 0 unspecified atom stereocenters. The number of thiazole rings is 1. The minimum absolute atomic E-state index is 0.0820. The van der Waals surface area contributed by atoms with E-state index in [1.807, 2.05) is 44.2 Å². The predicted molar refractivity (Wildman–Crippen MR) is 106 cm³/mol. The fourth-order valence-corrected chi connectivity index (χ4v) is 3.37. The number of nitrogens with one attached hydrogen (secondary N) is 1. The number of aromatic nitrogens is 1. The third kappa shape index (κ3) is 4.51. The van der Waals surface area contributed by atoms with Gasteiger partial charge in [-0.05, 0) is 43.7 Å². The molecular weight excluding hydrogens is 364 g/mol. The van der Waals surface area contributed by atoms with E-state index in [0.717, 1.165) is 26.4 Å². The topological polar surface area (TPSA) is 77.5 Å². The van der Waals surface area contributed by atoms with E-state index < -0.39 is 6.09 Å². The molecule has 6 nitrogen and oxygen atoms in total. The molecule has 1 amide bonds. The summed E-state index contributed by atoms with van der Waals surface area (Å²) in [6.07, 6.45) is 1.30. The maximum absolute atomic E-state index is 12.1. The van der Waals surface area contributed by atoms with Gasteiger partial charge in [-0.1, -0.05) is 18.2 Å². The number of allylic oxidation sites excluding steroid dienone is 2. The summed E-state index contributed by atoms with van der Waals surface area (Å²) < 4.78 is 11.3. The van der Waals surface area contributed by atoms with Crippen LogP contribution in [0, 0.1) is 0 Å². The quantitative estimate of drug-likeness (QED) is 0.607. The van der Waals surface area contributed by atoms with Crippen molar-refractivity contribution < 1.29 is 19.1 Å². The van der Waals surface area contributed by atoms with Crippen LogP contribution in [0.3, 0.4) is 0 Å². The highest BCUT2D eigenvalue weighted by molar-refractivity contribution is 7.18. The molecule has 0 bridgehead atoms. The number of hydrogen-bond acceptors (Lipinski definition) is 6. The Morgan fingerprint density at radius 2 is 2.07 bits per heavy atom. The first kappa shape index (κ1) is 18.6. The van der Waals surface area contributed by atoms with Crippen LogP contribution in [0.25, 0.3) is 15.8 Å². The lowest BCUT2D eigenvalue weighted by Gasteiger charge is -2.11. The molecule has 2 aromatic carbocycles. The summed E-state index contributed by atoms with van der Waals surface area (Å²) in [6, 6.07) is 12.8. The molecule has 3 rings (SSSR count). The molecule has 1 heterocycles. The van der Waals surface area contributed by atoms with Crippen LogP contribution in [0.5, 0.6) is 5.75 Å². The van der Waals surface area contributed by atoms with Gasteiger partial charge in [0.2, 0.25) is 0 Å². The van der Waals surface area contributed by atoms with E-state index in [-0.39, 0.29) is 6.61 Å². The van der Waals surface area contributed by atoms with Gasteiger partial charge in [0.15, 0.2) is 0 Å². The molecule has 0 saturated carbocycles. The van der Waals surface area contributed by atoms with E-state index in [0.29, 0.717) is 17.9 Å². The van der Waals surface area contributed by atoms with Gasteiger partial charge < -0.3 is 9.47 Å². The Morgan fingerprint density at radius 1 is 1.26 bits per heavy atom. The van der Waals surface area contributed by atoms with E-state index >= 15 is 0 Å². The van der Waals surface area contributed by atoms with Crippen LogP contribution in [0.15, 0.2) is 48.5 Å². The Hall–Kier alpha value is -3.19. The van der Waals surface area contributed by atoms with Crippen molar-refractivity contribution in [2.24, 2.45) is 0 Å². The van der Waals surface area contributed by atoms with Crippen molar-refractivity contribution in [3.05, 3.63) is 59.1 Å². The predicted octanol–water partition coefficient (Wildman–Crippen LogP) is 5.00. The average molecular weight is 382 g/mol. The van der Waals surface area contributed by atoms with Crippen LogP contribution >= 0.6 is 11.3 Å². The second kappa shape index (κ2) is 8.46. The van der Waals surface area contributed by atoms with Crippen molar-refractivity contribution in [3.8, 4) is 5.75 Å². The van der Waals surface area contributed by atoms with Gasteiger partial charge in [-0.2, -0.15) is 0 Å². The van der Waals surface area contributed by atoms with Crippen LogP contribution in [0.4, 0.5) is 10.5 Å². The molecule has 27 heavy (non-hydrogen) atoms. The Kier molecular flexibility index (Phi) is 5.83. The SMILES string of the molecule is CC=C(C)c1ccc(NC(=O)OCc2nc3ccccc3s2)cc1OC=O. The van der Waals surface area contributed by atoms with Crippen LogP contribution in [0.1, 0.15) is 24.4 Å². The molecule has 0 aliphatic rings. The van der Waals surface area contributed by atoms with E-state index in [1.54, 1.807) is 18.2 Å². The molecule has 0 fully saturated rings. The first-order valence-electron chi connectivity index (χ1n) is 8.26. The number of rotatable bonds is 6. The number of carbonyl (C=O) groups is 2. The highest BCUT2D eigenvalue weighted by Gasteiger charge is 2.11. The van der Waals surface area contributed by atoms with Gasteiger partial charge in [-0.15, -0.1) is 11.3 Å². The Balaban J connectivity index is 1.66. The van der Waals surface area contributed by atoms with Crippen molar-refractivity contribution in [1.29, 1.82) is 0 Å². The summed E-state index contributed by atoms with van der Waals surface area (Å²) in [7, 11) is 0. The molecule has 0 radical (unpaired) electrons. The largest absolute Gasteiger partial charge is 0.442 e. The first-order chi connectivity index (χ1) is 13.1. The van der Waals surface area contributed by atoms with Crippen molar-refractivity contribution in [3.63, 3.8) is 0 Å². The lowest BCUT2D eigenvalue weighted by molar-refractivity contribution is -0.120. The average Bonchev–Trinajstić information content (AvgIpc) is 3.09. The number of carbonyl (C=O) groups excluding carboxylic acids is 2. The number of para-hydroxylation sites is 1. The fourth-order valence-electron chi connectivity index (χ4n) is 2.49. The third-order valence-electron chi connectivity index (χ3n) is 3.93. The second-order valence-electron chi connectivity index (χ2n) is 5.67. The molecule has 0 saturated heterocycles. The van der Waals surface area contributed by atoms with Crippen LogP contribution in [0.2, 0.25) is 0 Å². The van der Waals surface area contributed by atoms with Crippen LogP contribution in [-0.2, 0) is 16.1 Å². The van der Waals surface area contributed by atoms with E-state index in [1.165, 1.54) is 11.3 Å². The summed E-state index contributed by atoms with van der Waals surface area (Å²) in [5.41, 5.74) is 3.08. The number of benzene rings is 2. The molecule has 0 spiro atoms. The molecule has 138 valence electrons. The number of hydrogen-bond donors (Lipinski definition) is 1. The van der Waals surface area contributed by atoms with Gasteiger partial charge in [-0.3, -0.25) is 10.1 Å². The monoisotopic (exact) mass is 382 g/mol. The number of ether oxygens (including phenoxy) is 2. The summed E-state index contributed by atoms with van der Waals surface area (Å²) in [5.74, 6) is 0.365. The standard InChI is InChI=1S/C20H18N2O4S/c1-3-13(2)15-9-8-14(10-17(15)26-12-23)21-20(24)25-11-19-22-16-6-4-5-7-18(16)27-19/h3-10,12H,11H2,1-2H3,(H,21,24). The van der Waals surface area contributed by atoms with Crippen LogP contribution in [-0.4, -0.2) is 17.5 Å². The van der Waals surface area contributed by atoms with Gasteiger partial charge in [0, 0.05) is 17.3 Å². The van der Waals surface area contributed by atoms with Crippen molar-refractivity contribution in [1.82, 2.24) is 4.98 Å². The number of anilines is 1. The molecule has 0 aliphatic carbocycles. The maximum Gasteiger partial charge on any atom is 0.412 e. The molecule has 1 N–H and O–H groups in total. The zero-order chi connectivity index (χ0) is 19.2. The summed E-state index contributed by atoms with van der Waals surface area (Å²) in [6.45, 7) is 4.24. The highest BCUT2D eigenvalue weighted by atomic mass is 32.1. The lowest BCUT2D eigenvalue weighted by atomic mass is 10.1. The zero-order valence-electron chi connectivity index (χ0n) is 14.9. The molecule has 1 aromatic heterocycles. The summed E-state index contributed by atoms with van der Waals surface area (Å²) in [5, 5.41) is 3.35. The molecule has 0 atom stereocenters. The Labute approximate surface area is 160 Å². The Morgan fingerprint density at radius 3 is 2.81 bits per heavy atom. The lowest BCUT2D eigenvalue weighted by Crippen LogP contribution is -2.13. The zero-order valence-corrected chi connectivity index (χ0v) is 15.7. The van der Waals surface area contributed by atoms with Crippen molar-refractivity contribution in [2.75, 3.05) is 5.32 Å². The maximum atomic E-state index is 12.1. The number of amides is 1. The van der Waals surface area contributed by atoms with Gasteiger partial charge in [0.25, 0.3) is 6.47 Å². The number of nitrogens with zero attached hydrogens (tertiary/aromatic N) is 1. The van der Waals surface area contributed by atoms with Crippen LogP contribution < -0.4 is 10.1 Å². The Bertz CT molecular complexity index is 977. The molecule has 0 aliphatic heterocycles. The van der Waals surface area contributed by atoms with Gasteiger partial charge in [0.1, 0.15) is 17.4 Å². The number of fused-ring (bicyclic) bond motifs is 1. The molecule has 7 heteroatoms. The second-order valence-corrected chi connectivity index (χ2v) is 6.79. The summed E-state index contributed by atoms with van der Waals surface area (Å²) >= 11 is 1.48. The molecule has 3 aromatic rings.